The SMILES string of the molecule is N#CC1(CCCCl)CCC2(CC1)OCCO2. The molecule has 1 aliphatic carbocycles. The lowest BCUT2D eigenvalue weighted by Crippen LogP contribution is -2.39. The molecule has 0 radical (unpaired) electrons. The number of ether oxygens (including phenoxy) is 2. The van der Waals surface area contributed by atoms with Gasteiger partial charge in [-0.1, -0.05) is 0 Å². The summed E-state index contributed by atoms with van der Waals surface area (Å²) in [5.41, 5.74) is -0.185. The molecule has 0 N–H and O–H groups in total. The number of halogens is 1. The minimum atomic E-state index is -0.360. The topological polar surface area (TPSA) is 42.2 Å². The molecule has 16 heavy (non-hydrogen) atoms. The highest BCUT2D eigenvalue weighted by atomic mass is 35.5. The second kappa shape index (κ2) is 4.91. The maximum Gasteiger partial charge on any atom is 0.168 e. The van der Waals surface area contributed by atoms with Crippen LogP contribution < -0.4 is 0 Å². The molecule has 0 unspecified atom stereocenters. The van der Waals surface area contributed by atoms with Crippen molar-refractivity contribution in [2.24, 2.45) is 5.41 Å². The maximum absolute atomic E-state index is 9.32. The Labute approximate surface area is 102 Å². The van der Waals surface area contributed by atoms with Crippen LogP contribution in [0.1, 0.15) is 38.5 Å². The minimum Gasteiger partial charge on any atom is -0.348 e. The molecule has 0 atom stereocenters. The number of rotatable bonds is 3. The van der Waals surface area contributed by atoms with E-state index in [4.69, 9.17) is 21.1 Å². The van der Waals surface area contributed by atoms with Crippen LogP contribution in [0.15, 0.2) is 0 Å². The first kappa shape index (κ1) is 12.2. The highest BCUT2D eigenvalue weighted by Gasteiger charge is 2.46. The molecule has 3 nitrogen and oxygen atoms in total. The fourth-order valence-electron chi connectivity index (χ4n) is 2.72. The van der Waals surface area contributed by atoms with Crippen molar-refractivity contribution >= 4 is 11.6 Å². The van der Waals surface area contributed by atoms with Crippen LogP contribution in [0, 0.1) is 16.7 Å². The number of hydrogen-bond acceptors (Lipinski definition) is 3. The van der Waals surface area contributed by atoms with Crippen LogP contribution in [0.4, 0.5) is 0 Å². The van der Waals surface area contributed by atoms with Crippen molar-refractivity contribution in [3.8, 4) is 6.07 Å². The fraction of sp³-hybridized carbons (Fsp3) is 0.917. The summed E-state index contributed by atoms with van der Waals surface area (Å²) in [5.74, 6) is 0.281. The maximum atomic E-state index is 9.32. The zero-order valence-electron chi connectivity index (χ0n) is 9.51. The zero-order chi connectivity index (χ0) is 11.5. The van der Waals surface area contributed by atoms with E-state index in [0.717, 1.165) is 38.5 Å². The van der Waals surface area contributed by atoms with Crippen LogP contribution >= 0.6 is 11.6 Å². The van der Waals surface area contributed by atoms with Crippen molar-refractivity contribution in [3.63, 3.8) is 0 Å². The molecule has 1 saturated heterocycles. The minimum absolute atomic E-state index is 0.185. The number of nitrogens with zero attached hydrogens (tertiary/aromatic N) is 1. The molecule has 2 aliphatic rings. The first-order valence-electron chi connectivity index (χ1n) is 5.99. The second-order valence-corrected chi connectivity index (χ2v) is 5.17. The summed E-state index contributed by atoms with van der Waals surface area (Å²) in [4.78, 5) is 0. The van der Waals surface area contributed by atoms with Gasteiger partial charge in [-0.2, -0.15) is 5.26 Å². The molecule has 2 rings (SSSR count). The lowest BCUT2D eigenvalue weighted by Gasteiger charge is -2.39. The van der Waals surface area contributed by atoms with Crippen LogP contribution in [-0.2, 0) is 9.47 Å². The molecule has 1 saturated carbocycles. The third-order valence-corrected chi connectivity index (χ3v) is 4.08. The average Bonchev–Trinajstić information content (AvgIpc) is 2.78. The first-order valence-corrected chi connectivity index (χ1v) is 6.53. The van der Waals surface area contributed by atoms with Gasteiger partial charge in [0.25, 0.3) is 0 Å². The molecule has 0 bridgehead atoms. The second-order valence-electron chi connectivity index (χ2n) is 4.79. The Balaban J connectivity index is 1.93. The van der Waals surface area contributed by atoms with Crippen LogP contribution in [0.2, 0.25) is 0 Å². The van der Waals surface area contributed by atoms with Gasteiger partial charge in [0.15, 0.2) is 5.79 Å². The molecule has 4 heteroatoms. The van der Waals surface area contributed by atoms with Gasteiger partial charge in [0.05, 0.1) is 24.7 Å². The summed E-state index contributed by atoms with van der Waals surface area (Å²) in [6.07, 6.45) is 5.28. The normalized spacial score (nSPS) is 26.8. The standard InChI is InChI=1S/C12H18ClNO2/c13-7-1-2-11(10-14)3-5-12(6-4-11)15-8-9-16-12/h1-9H2. The zero-order valence-corrected chi connectivity index (χ0v) is 10.3. The Kier molecular flexibility index (Phi) is 3.73. The third-order valence-electron chi connectivity index (χ3n) is 3.81. The van der Waals surface area contributed by atoms with Crippen LogP contribution in [0.5, 0.6) is 0 Å². The Bertz CT molecular complexity index is 271. The summed E-state index contributed by atoms with van der Waals surface area (Å²) in [6, 6.07) is 2.49. The van der Waals surface area contributed by atoms with Gasteiger partial charge in [-0.05, 0) is 25.7 Å². The summed E-state index contributed by atoms with van der Waals surface area (Å²) in [7, 11) is 0. The van der Waals surface area contributed by atoms with E-state index in [1.54, 1.807) is 0 Å². The lowest BCUT2D eigenvalue weighted by molar-refractivity contribution is -0.187. The van der Waals surface area contributed by atoms with E-state index in [1.165, 1.54) is 0 Å². The molecular weight excluding hydrogens is 226 g/mol. The van der Waals surface area contributed by atoms with E-state index in [0.29, 0.717) is 19.1 Å². The Morgan fingerprint density at radius 2 is 1.75 bits per heavy atom. The predicted octanol–water partition coefficient (Wildman–Crippen LogP) is 2.83. The van der Waals surface area contributed by atoms with Gasteiger partial charge in [0.1, 0.15) is 0 Å². The number of alkyl halides is 1. The van der Waals surface area contributed by atoms with E-state index in [-0.39, 0.29) is 11.2 Å². The van der Waals surface area contributed by atoms with Gasteiger partial charge < -0.3 is 9.47 Å². The molecule has 0 aromatic carbocycles. The fourth-order valence-corrected chi connectivity index (χ4v) is 2.85. The summed E-state index contributed by atoms with van der Waals surface area (Å²) < 4.78 is 11.3. The van der Waals surface area contributed by atoms with Gasteiger partial charge in [0, 0.05) is 18.7 Å². The van der Waals surface area contributed by atoms with Crippen LogP contribution in [-0.4, -0.2) is 24.9 Å². The average molecular weight is 244 g/mol. The molecule has 1 spiro atoms. The number of nitriles is 1. The highest BCUT2D eigenvalue weighted by Crippen LogP contribution is 2.46. The van der Waals surface area contributed by atoms with Gasteiger partial charge in [-0.3, -0.25) is 0 Å². The van der Waals surface area contributed by atoms with Crippen molar-refractivity contribution < 1.29 is 9.47 Å². The van der Waals surface area contributed by atoms with E-state index in [1.807, 2.05) is 0 Å². The van der Waals surface area contributed by atoms with Crippen molar-refractivity contribution in [2.45, 2.75) is 44.3 Å². The predicted molar refractivity (Wildman–Crippen MR) is 61.1 cm³/mol. The van der Waals surface area contributed by atoms with Gasteiger partial charge in [-0.25, -0.2) is 0 Å². The van der Waals surface area contributed by atoms with E-state index in [9.17, 15) is 5.26 Å². The van der Waals surface area contributed by atoms with E-state index < -0.39 is 0 Å². The molecule has 1 heterocycles. The first-order chi connectivity index (χ1) is 7.74. The van der Waals surface area contributed by atoms with Crippen molar-refractivity contribution in [3.05, 3.63) is 0 Å². The van der Waals surface area contributed by atoms with E-state index >= 15 is 0 Å². The van der Waals surface area contributed by atoms with Crippen molar-refractivity contribution in [2.75, 3.05) is 19.1 Å². The molecule has 0 amide bonds. The molecular formula is C12H18ClNO2. The van der Waals surface area contributed by atoms with Gasteiger partial charge >= 0.3 is 0 Å². The van der Waals surface area contributed by atoms with Crippen LogP contribution in [0.3, 0.4) is 0 Å². The van der Waals surface area contributed by atoms with E-state index in [2.05, 4.69) is 6.07 Å². The molecule has 90 valence electrons. The smallest absolute Gasteiger partial charge is 0.168 e. The molecule has 0 aromatic rings. The summed E-state index contributed by atoms with van der Waals surface area (Å²) >= 11 is 5.70. The van der Waals surface area contributed by atoms with Gasteiger partial charge in [0.2, 0.25) is 0 Å². The Morgan fingerprint density at radius 1 is 1.12 bits per heavy atom. The van der Waals surface area contributed by atoms with Crippen LogP contribution in [0.25, 0.3) is 0 Å². The number of hydrogen-bond donors (Lipinski definition) is 0. The largest absolute Gasteiger partial charge is 0.348 e. The molecule has 1 aliphatic heterocycles. The molecule has 0 aromatic heterocycles. The quantitative estimate of drug-likeness (QED) is 0.716. The monoisotopic (exact) mass is 243 g/mol. The third kappa shape index (κ3) is 2.34. The highest BCUT2D eigenvalue weighted by molar-refractivity contribution is 6.17. The van der Waals surface area contributed by atoms with Gasteiger partial charge in [-0.15, -0.1) is 11.6 Å². The van der Waals surface area contributed by atoms with Crippen molar-refractivity contribution in [1.29, 1.82) is 5.26 Å². The molecule has 2 fully saturated rings. The summed E-state index contributed by atoms with van der Waals surface area (Å²) in [5, 5.41) is 9.32. The Hall–Kier alpha value is -0.300. The summed E-state index contributed by atoms with van der Waals surface area (Å²) in [6.45, 7) is 1.39. The van der Waals surface area contributed by atoms with Crippen molar-refractivity contribution in [1.82, 2.24) is 0 Å². The Morgan fingerprint density at radius 3 is 2.25 bits per heavy atom. The lowest BCUT2D eigenvalue weighted by atomic mass is 9.70.